The molecule has 6 nitrogen and oxygen atoms in total. The van der Waals surface area contributed by atoms with Crippen molar-refractivity contribution in [2.75, 3.05) is 6.61 Å². The van der Waals surface area contributed by atoms with E-state index in [0.717, 1.165) is 5.56 Å². The van der Waals surface area contributed by atoms with E-state index in [2.05, 4.69) is 10.6 Å². The zero-order valence-corrected chi connectivity index (χ0v) is 13.2. The van der Waals surface area contributed by atoms with Gasteiger partial charge in [0.1, 0.15) is 12.6 Å². The summed E-state index contributed by atoms with van der Waals surface area (Å²) in [6, 6.07) is 8.20. The summed E-state index contributed by atoms with van der Waals surface area (Å²) in [7, 11) is 0. The highest BCUT2D eigenvalue weighted by atomic mass is 16.5. The van der Waals surface area contributed by atoms with Crippen LogP contribution in [0.4, 0.5) is 4.79 Å². The van der Waals surface area contributed by atoms with Gasteiger partial charge in [-0.2, -0.15) is 0 Å². The Hall–Kier alpha value is -2.08. The molecule has 0 saturated carbocycles. The first-order valence-corrected chi connectivity index (χ1v) is 7.32. The Labute approximate surface area is 130 Å². The number of ether oxygens (including phenoxy) is 1. The number of amides is 2. The predicted octanol–water partition coefficient (Wildman–Crippen LogP) is 1.43. The molecule has 0 aliphatic heterocycles. The first-order chi connectivity index (χ1) is 10.4. The highest BCUT2D eigenvalue weighted by Gasteiger charge is 2.21. The fraction of sp³-hybridized carbons (Fsp3) is 0.500. The minimum Gasteiger partial charge on any atom is -0.445 e. The molecule has 0 spiro atoms. The van der Waals surface area contributed by atoms with Gasteiger partial charge in [-0.15, -0.1) is 0 Å². The molecular formula is C16H24N2O4. The number of hydrogen-bond donors (Lipinski definition) is 3. The van der Waals surface area contributed by atoms with E-state index < -0.39 is 12.1 Å². The predicted molar refractivity (Wildman–Crippen MR) is 83.1 cm³/mol. The average Bonchev–Trinajstić information content (AvgIpc) is 2.50. The van der Waals surface area contributed by atoms with Crippen molar-refractivity contribution in [2.45, 2.75) is 39.5 Å². The Kier molecular flexibility index (Phi) is 7.39. The van der Waals surface area contributed by atoms with Crippen LogP contribution in [0.15, 0.2) is 30.3 Å². The molecule has 3 N–H and O–H groups in total. The van der Waals surface area contributed by atoms with Crippen LogP contribution in [-0.4, -0.2) is 35.8 Å². The second-order valence-electron chi connectivity index (χ2n) is 5.47. The Morgan fingerprint density at radius 2 is 1.77 bits per heavy atom. The van der Waals surface area contributed by atoms with E-state index in [1.54, 1.807) is 6.92 Å². The maximum Gasteiger partial charge on any atom is 0.408 e. The fourth-order valence-corrected chi connectivity index (χ4v) is 1.74. The number of hydrogen-bond acceptors (Lipinski definition) is 4. The molecule has 0 fully saturated rings. The molecule has 2 amide bonds. The van der Waals surface area contributed by atoms with E-state index in [-0.39, 0.29) is 31.1 Å². The van der Waals surface area contributed by atoms with Gasteiger partial charge in [-0.1, -0.05) is 44.2 Å². The second kappa shape index (κ2) is 9.04. The number of aliphatic hydroxyl groups is 1. The lowest BCUT2D eigenvalue weighted by molar-refractivity contribution is -0.124. The van der Waals surface area contributed by atoms with Crippen molar-refractivity contribution in [1.29, 1.82) is 0 Å². The number of rotatable bonds is 7. The maximum atomic E-state index is 11.9. The molecule has 1 aromatic rings. The third-order valence-corrected chi connectivity index (χ3v) is 3.27. The summed E-state index contributed by atoms with van der Waals surface area (Å²) in [5.41, 5.74) is 0.870. The van der Waals surface area contributed by atoms with Gasteiger partial charge in [-0.3, -0.25) is 4.79 Å². The molecule has 0 aliphatic rings. The third kappa shape index (κ3) is 6.13. The molecule has 0 aliphatic carbocycles. The van der Waals surface area contributed by atoms with Crippen molar-refractivity contribution < 1.29 is 19.4 Å². The van der Waals surface area contributed by atoms with Crippen LogP contribution in [0.1, 0.15) is 26.3 Å². The molecule has 1 aromatic carbocycles. The van der Waals surface area contributed by atoms with Crippen LogP contribution in [0.2, 0.25) is 0 Å². The maximum absolute atomic E-state index is 11.9. The molecule has 2 atom stereocenters. The Bertz CT molecular complexity index is 476. The van der Waals surface area contributed by atoms with Crippen LogP contribution in [0.25, 0.3) is 0 Å². The van der Waals surface area contributed by atoms with Crippen LogP contribution in [-0.2, 0) is 16.1 Å². The summed E-state index contributed by atoms with van der Waals surface area (Å²) in [6.07, 6.45) is -0.656. The Morgan fingerprint density at radius 1 is 1.14 bits per heavy atom. The molecule has 1 rings (SSSR count). The van der Waals surface area contributed by atoms with Crippen molar-refractivity contribution in [1.82, 2.24) is 10.6 Å². The first kappa shape index (κ1) is 18.0. The van der Waals surface area contributed by atoms with Crippen molar-refractivity contribution in [2.24, 2.45) is 5.92 Å². The zero-order chi connectivity index (χ0) is 16.5. The number of nitrogens with one attached hydrogen (secondary N) is 2. The Balaban J connectivity index is 2.38. The topological polar surface area (TPSA) is 87.7 Å². The van der Waals surface area contributed by atoms with Crippen molar-refractivity contribution in [3.05, 3.63) is 35.9 Å². The lowest BCUT2D eigenvalue weighted by Gasteiger charge is -2.22. The smallest absolute Gasteiger partial charge is 0.408 e. The van der Waals surface area contributed by atoms with Gasteiger partial charge in [0, 0.05) is 0 Å². The summed E-state index contributed by atoms with van der Waals surface area (Å²) in [4.78, 5) is 23.6. The molecular weight excluding hydrogens is 284 g/mol. The SMILES string of the molecule is CC(C)[C@@H](CO)NC(=O)[C@H](C)NC(=O)OCc1ccccc1. The summed E-state index contributed by atoms with van der Waals surface area (Å²) in [5.74, 6) is -0.254. The standard InChI is InChI=1S/C16H24N2O4/c1-11(2)14(9-19)18-15(20)12(3)17-16(21)22-10-13-7-5-4-6-8-13/h4-8,11-12,14,19H,9-10H2,1-3H3,(H,17,21)(H,18,20)/t12-,14+/m0/s1. The van der Waals surface area contributed by atoms with Gasteiger partial charge < -0.3 is 20.5 Å². The number of aliphatic hydroxyl groups excluding tert-OH is 1. The van der Waals surface area contributed by atoms with Gasteiger partial charge in [0.05, 0.1) is 12.6 Å². The van der Waals surface area contributed by atoms with Gasteiger partial charge >= 0.3 is 6.09 Å². The summed E-state index contributed by atoms with van der Waals surface area (Å²) < 4.78 is 5.05. The van der Waals surface area contributed by atoms with Crippen LogP contribution >= 0.6 is 0 Å². The molecule has 0 unspecified atom stereocenters. The van der Waals surface area contributed by atoms with Gasteiger partial charge in [0.25, 0.3) is 0 Å². The molecule has 122 valence electrons. The minimum atomic E-state index is -0.740. The number of benzene rings is 1. The van der Waals surface area contributed by atoms with E-state index in [9.17, 15) is 14.7 Å². The summed E-state index contributed by atoms with van der Waals surface area (Å²) in [5, 5.41) is 14.3. The van der Waals surface area contributed by atoms with Crippen LogP contribution < -0.4 is 10.6 Å². The van der Waals surface area contributed by atoms with E-state index in [1.165, 1.54) is 0 Å². The normalized spacial score (nSPS) is 13.3. The van der Waals surface area contributed by atoms with Gasteiger partial charge in [0.15, 0.2) is 0 Å². The van der Waals surface area contributed by atoms with E-state index >= 15 is 0 Å². The molecule has 0 saturated heterocycles. The fourth-order valence-electron chi connectivity index (χ4n) is 1.74. The molecule has 0 radical (unpaired) electrons. The van der Waals surface area contributed by atoms with Crippen LogP contribution in [0.5, 0.6) is 0 Å². The number of alkyl carbamates (subject to hydrolysis) is 1. The second-order valence-corrected chi connectivity index (χ2v) is 5.47. The molecule has 0 bridgehead atoms. The third-order valence-electron chi connectivity index (χ3n) is 3.27. The average molecular weight is 308 g/mol. The van der Waals surface area contributed by atoms with Crippen LogP contribution in [0.3, 0.4) is 0 Å². The lowest BCUT2D eigenvalue weighted by Crippen LogP contribution is -2.50. The van der Waals surface area contributed by atoms with Gasteiger partial charge in [0.2, 0.25) is 5.91 Å². The van der Waals surface area contributed by atoms with E-state index in [1.807, 2.05) is 44.2 Å². The molecule has 22 heavy (non-hydrogen) atoms. The molecule has 0 heterocycles. The summed E-state index contributed by atoms with van der Waals surface area (Å²) in [6.45, 7) is 5.36. The number of carbonyl (C=O) groups is 2. The molecule has 6 heteroatoms. The highest BCUT2D eigenvalue weighted by Crippen LogP contribution is 2.02. The van der Waals surface area contributed by atoms with Gasteiger partial charge in [-0.05, 0) is 18.4 Å². The summed E-state index contributed by atoms with van der Waals surface area (Å²) >= 11 is 0. The van der Waals surface area contributed by atoms with Crippen LogP contribution in [0, 0.1) is 5.92 Å². The first-order valence-electron chi connectivity index (χ1n) is 7.32. The van der Waals surface area contributed by atoms with Crippen molar-refractivity contribution in [3.8, 4) is 0 Å². The lowest BCUT2D eigenvalue weighted by atomic mass is 10.1. The Morgan fingerprint density at radius 3 is 2.32 bits per heavy atom. The molecule has 0 aromatic heterocycles. The number of carbonyl (C=O) groups excluding carboxylic acids is 2. The minimum absolute atomic E-state index is 0.103. The van der Waals surface area contributed by atoms with Crippen molar-refractivity contribution in [3.63, 3.8) is 0 Å². The van der Waals surface area contributed by atoms with E-state index in [4.69, 9.17) is 4.74 Å². The monoisotopic (exact) mass is 308 g/mol. The van der Waals surface area contributed by atoms with E-state index in [0.29, 0.717) is 0 Å². The zero-order valence-electron chi connectivity index (χ0n) is 13.2. The van der Waals surface area contributed by atoms with Crippen molar-refractivity contribution >= 4 is 12.0 Å². The largest absolute Gasteiger partial charge is 0.445 e. The van der Waals surface area contributed by atoms with Gasteiger partial charge in [-0.25, -0.2) is 4.79 Å². The quantitative estimate of drug-likeness (QED) is 0.711. The highest BCUT2D eigenvalue weighted by molar-refractivity contribution is 5.85.